The zero-order valence-corrected chi connectivity index (χ0v) is 11.2. The number of halogens is 1. The van der Waals surface area contributed by atoms with Crippen LogP contribution in [0.5, 0.6) is 5.75 Å². The molecule has 0 fully saturated rings. The Morgan fingerprint density at radius 3 is 2.21 bits per heavy atom. The number of benzene rings is 2. The molecule has 1 N–H and O–H groups in total. The molecule has 0 heterocycles. The molecule has 2 aromatic carbocycles. The number of phenolic OH excluding ortho intramolecular Hbond substituents is 1. The molecule has 0 radical (unpaired) electrons. The summed E-state index contributed by atoms with van der Waals surface area (Å²) >= 11 is 0. The van der Waals surface area contributed by atoms with Gasteiger partial charge in [0, 0.05) is 26.2 Å². The third-order valence-electron chi connectivity index (χ3n) is 3.16. The number of hydrogen-bond acceptors (Lipinski definition) is 2. The van der Waals surface area contributed by atoms with Crippen molar-refractivity contribution >= 4 is 5.69 Å². The van der Waals surface area contributed by atoms with Crippen molar-refractivity contribution in [3.63, 3.8) is 0 Å². The highest BCUT2D eigenvalue weighted by atomic mass is 18.2. The van der Waals surface area contributed by atoms with Gasteiger partial charge in [0.1, 0.15) is 5.75 Å². The lowest BCUT2D eigenvalue weighted by atomic mass is 10.0. The third-order valence-corrected chi connectivity index (χ3v) is 3.16. The van der Waals surface area contributed by atoms with Gasteiger partial charge in [-0.05, 0) is 41.0 Å². The molecule has 2 aromatic rings. The molecule has 100 valence electrons. The standard InChI is InChI=1S/C16H18FNO/c1-18(2)15-6-3-12(4-7-15)13-5-8-16(19)14(11-13)9-10-17/h3-8,11,19H,9-10H2,1-2H3/i17-1. The first-order valence-corrected chi connectivity index (χ1v) is 6.27. The molecular formula is C16H18FNO. The van der Waals surface area contributed by atoms with Crippen molar-refractivity contribution in [1.29, 1.82) is 0 Å². The van der Waals surface area contributed by atoms with E-state index in [1.165, 1.54) is 0 Å². The van der Waals surface area contributed by atoms with Crippen molar-refractivity contribution in [3.05, 3.63) is 48.0 Å². The number of alkyl halides is 1. The number of hydrogen-bond donors (Lipinski definition) is 1. The van der Waals surface area contributed by atoms with E-state index in [0.717, 1.165) is 16.8 Å². The van der Waals surface area contributed by atoms with E-state index >= 15 is 0 Å². The van der Waals surface area contributed by atoms with Crippen LogP contribution in [0.2, 0.25) is 0 Å². The van der Waals surface area contributed by atoms with Gasteiger partial charge in [0.2, 0.25) is 0 Å². The highest BCUT2D eigenvalue weighted by Crippen LogP contribution is 2.27. The van der Waals surface area contributed by atoms with E-state index in [1.54, 1.807) is 6.07 Å². The molecule has 19 heavy (non-hydrogen) atoms. The fourth-order valence-corrected chi connectivity index (χ4v) is 2.02. The van der Waals surface area contributed by atoms with Crippen molar-refractivity contribution in [2.24, 2.45) is 0 Å². The summed E-state index contributed by atoms with van der Waals surface area (Å²) in [5.74, 6) is 0.159. The van der Waals surface area contributed by atoms with Crippen LogP contribution in [0.4, 0.5) is 10.1 Å². The quantitative estimate of drug-likeness (QED) is 0.905. The van der Waals surface area contributed by atoms with Crippen molar-refractivity contribution in [2.45, 2.75) is 6.42 Å². The van der Waals surface area contributed by atoms with E-state index < -0.39 is 6.67 Å². The van der Waals surface area contributed by atoms with Crippen LogP contribution < -0.4 is 4.90 Å². The van der Waals surface area contributed by atoms with Crippen LogP contribution in [0.15, 0.2) is 42.5 Å². The molecular weight excluding hydrogens is 240 g/mol. The largest absolute Gasteiger partial charge is 0.508 e. The lowest BCUT2D eigenvalue weighted by Gasteiger charge is -2.13. The molecule has 0 bridgehead atoms. The summed E-state index contributed by atoms with van der Waals surface area (Å²) in [6.07, 6.45) is 0.245. The Labute approximate surface area is 113 Å². The minimum absolute atomic E-state index is 0.159. The van der Waals surface area contributed by atoms with Crippen LogP contribution >= 0.6 is 0 Å². The molecule has 0 aliphatic carbocycles. The zero-order chi connectivity index (χ0) is 13.8. The molecule has 0 unspecified atom stereocenters. The van der Waals surface area contributed by atoms with Crippen molar-refractivity contribution in [1.82, 2.24) is 0 Å². The second-order valence-electron chi connectivity index (χ2n) is 4.72. The number of aromatic hydroxyl groups is 1. The second kappa shape index (κ2) is 5.74. The van der Waals surface area contributed by atoms with E-state index in [0.29, 0.717) is 5.56 Å². The van der Waals surface area contributed by atoms with Crippen molar-refractivity contribution in [2.75, 3.05) is 25.7 Å². The summed E-state index contributed by atoms with van der Waals surface area (Å²) in [5, 5.41) is 9.66. The number of aryl methyl sites for hydroxylation is 1. The number of phenols is 1. The summed E-state index contributed by atoms with van der Waals surface area (Å²) in [4.78, 5) is 2.04. The lowest BCUT2D eigenvalue weighted by Crippen LogP contribution is -2.07. The predicted molar refractivity (Wildman–Crippen MR) is 77.5 cm³/mol. The van der Waals surface area contributed by atoms with E-state index in [1.807, 2.05) is 55.4 Å². The summed E-state index contributed by atoms with van der Waals surface area (Å²) < 4.78 is 12.4. The van der Waals surface area contributed by atoms with Gasteiger partial charge in [-0.15, -0.1) is 0 Å². The lowest BCUT2D eigenvalue weighted by molar-refractivity contribution is 0.452. The summed E-state index contributed by atoms with van der Waals surface area (Å²) in [6, 6.07) is 13.5. The van der Waals surface area contributed by atoms with Gasteiger partial charge in [-0.2, -0.15) is 0 Å². The number of nitrogens with zero attached hydrogens (tertiary/aromatic N) is 1. The Morgan fingerprint density at radius 2 is 1.63 bits per heavy atom. The second-order valence-corrected chi connectivity index (χ2v) is 4.72. The van der Waals surface area contributed by atoms with Crippen molar-refractivity contribution in [3.8, 4) is 16.9 Å². The predicted octanol–water partition coefficient (Wildman–Crippen LogP) is 3.64. The van der Waals surface area contributed by atoms with Gasteiger partial charge < -0.3 is 10.0 Å². The molecule has 0 aliphatic heterocycles. The molecule has 2 nitrogen and oxygen atoms in total. The van der Waals surface area contributed by atoms with Gasteiger partial charge in [-0.3, -0.25) is 4.39 Å². The maximum Gasteiger partial charge on any atom is 0.118 e. The maximum absolute atomic E-state index is 12.4. The highest BCUT2D eigenvalue weighted by molar-refractivity contribution is 5.68. The van der Waals surface area contributed by atoms with Crippen LogP contribution in [0.1, 0.15) is 5.56 Å². The smallest absolute Gasteiger partial charge is 0.118 e. The summed E-state index contributed by atoms with van der Waals surface area (Å²) in [7, 11) is 3.99. The first kappa shape index (κ1) is 13.4. The monoisotopic (exact) mass is 258 g/mol. The van der Waals surface area contributed by atoms with E-state index in [9.17, 15) is 9.50 Å². The van der Waals surface area contributed by atoms with E-state index in [4.69, 9.17) is 0 Å². The Morgan fingerprint density at radius 1 is 1.00 bits per heavy atom. The topological polar surface area (TPSA) is 23.5 Å². The summed E-state index contributed by atoms with van der Waals surface area (Å²) in [5.41, 5.74) is 3.83. The van der Waals surface area contributed by atoms with Crippen LogP contribution in [0, 0.1) is 0 Å². The molecule has 0 aliphatic rings. The maximum atomic E-state index is 12.4. The zero-order valence-electron chi connectivity index (χ0n) is 11.2. The molecule has 3 heteroatoms. The average Bonchev–Trinajstić information content (AvgIpc) is 2.41. The van der Waals surface area contributed by atoms with Gasteiger partial charge in [-0.25, -0.2) is 0 Å². The Balaban J connectivity index is 2.33. The highest BCUT2D eigenvalue weighted by Gasteiger charge is 2.05. The van der Waals surface area contributed by atoms with Gasteiger partial charge >= 0.3 is 0 Å². The molecule has 0 aromatic heterocycles. The van der Waals surface area contributed by atoms with E-state index in [-0.39, 0.29) is 12.2 Å². The molecule has 0 atom stereocenters. The molecule has 0 spiro atoms. The fraction of sp³-hybridized carbons (Fsp3) is 0.250. The van der Waals surface area contributed by atoms with Gasteiger partial charge in [0.15, 0.2) is 0 Å². The van der Waals surface area contributed by atoms with Crippen LogP contribution in [0.25, 0.3) is 11.1 Å². The minimum Gasteiger partial charge on any atom is -0.508 e. The molecule has 0 amide bonds. The average molecular weight is 258 g/mol. The van der Waals surface area contributed by atoms with E-state index in [2.05, 4.69) is 0 Å². The summed E-state index contributed by atoms with van der Waals surface area (Å²) in [6.45, 7) is -0.462. The molecule has 0 saturated carbocycles. The minimum atomic E-state index is -0.462. The molecule has 2 rings (SSSR count). The van der Waals surface area contributed by atoms with Crippen LogP contribution in [0.3, 0.4) is 0 Å². The Kier molecular flexibility index (Phi) is 4.05. The Bertz CT molecular complexity index is 549. The van der Waals surface area contributed by atoms with Gasteiger partial charge in [-0.1, -0.05) is 18.2 Å². The number of anilines is 1. The van der Waals surface area contributed by atoms with Crippen LogP contribution in [-0.2, 0) is 6.42 Å². The van der Waals surface area contributed by atoms with Crippen LogP contribution in [-0.4, -0.2) is 25.9 Å². The van der Waals surface area contributed by atoms with Gasteiger partial charge in [0.05, 0.1) is 6.67 Å². The van der Waals surface area contributed by atoms with Gasteiger partial charge in [0.25, 0.3) is 0 Å². The fourth-order valence-electron chi connectivity index (χ4n) is 2.02. The molecule has 0 saturated heterocycles. The first-order valence-electron chi connectivity index (χ1n) is 6.27. The normalized spacial score (nSPS) is 10.5. The first-order chi connectivity index (χ1) is 9.11. The van der Waals surface area contributed by atoms with Crippen molar-refractivity contribution < 1.29 is 9.50 Å². The SMILES string of the molecule is CN(C)c1ccc(-c2ccc(O)c(CC[18F])c2)cc1. The third kappa shape index (κ3) is 3.05. The Hall–Kier alpha value is -2.03. The number of rotatable bonds is 4.